The van der Waals surface area contributed by atoms with Gasteiger partial charge in [0, 0.05) is 36.8 Å². The highest BCUT2D eigenvalue weighted by Gasteiger charge is 2.29. The van der Waals surface area contributed by atoms with E-state index in [2.05, 4.69) is 20.6 Å². The average molecular weight is 591 g/mol. The largest absolute Gasteiger partial charge is 0.504 e. The van der Waals surface area contributed by atoms with Gasteiger partial charge >= 0.3 is 6.09 Å². The number of Topliss-reactive ketones (excluding diaryl/α,β-unsaturated/α-hetero) is 1. The SMILES string of the molecule is O=C(O)NC1CCCN(c2ccc(Nc3c(C(=O)C4CCC4)cnc4ccc(-c5cc(F)c(O)c(Cl)c5)nc34)cn2)C1. The minimum Gasteiger partial charge on any atom is -0.504 e. The number of piperidine rings is 1. The lowest BCUT2D eigenvalue weighted by Gasteiger charge is -2.33. The molecular weight excluding hydrogens is 563 g/mol. The Bertz CT molecular complexity index is 1660. The Morgan fingerprint density at radius 3 is 2.57 bits per heavy atom. The number of carbonyl (C=O) groups excluding carboxylic acids is 1. The van der Waals surface area contributed by atoms with E-state index in [1.165, 1.54) is 6.07 Å². The monoisotopic (exact) mass is 590 g/mol. The number of fused-ring (bicyclic) bond motifs is 1. The lowest BCUT2D eigenvalue weighted by molar-refractivity contribution is 0.0856. The molecule has 4 N–H and O–H groups in total. The lowest BCUT2D eigenvalue weighted by atomic mass is 9.80. The fourth-order valence-corrected chi connectivity index (χ4v) is 5.62. The zero-order valence-corrected chi connectivity index (χ0v) is 23.2. The molecule has 1 amide bonds. The molecule has 0 bridgehead atoms. The number of amides is 1. The maximum Gasteiger partial charge on any atom is 0.404 e. The second-order valence-electron chi connectivity index (χ2n) is 10.7. The number of ketones is 1. The van der Waals surface area contributed by atoms with Gasteiger partial charge in [-0.1, -0.05) is 18.0 Å². The summed E-state index contributed by atoms with van der Waals surface area (Å²) in [6, 6.07) is 9.52. The molecule has 1 unspecified atom stereocenters. The van der Waals surface area contributed by atoms with E-state index in [9.17, 15) is 19.1 Å². The van der Waals surface area contributed by atoms with E-state index in [-0.39, 0.29) is 22.8 Å². The van der Waals surface area contributed by atoms with Crippen molar-refractivity contribution < 1.29 is 24.2 Å². The van der Waals surface area contributed by atoms with Gasteiger partial charge in [-0.3, -0.25) is 9.78 Å². The number of hydrogen-bond acceptors (Lipinski definition) is 8. The molecule has 1 saturated heterocycles. The van der Waals surface area contributed by atoms with Crippen LogP contribution in [-0.4, -0.2) is 56.2 Å². The fourth-order valence-electron chi connectivity index (χ4n) is 5.41. The van der Waals surface area contributed by atoms with Crippen LogP contribution in [0.1, 0.15) is 42.5 Å². The van der Waals surface area contributed by atoms with Gasteiger partial charge < -0.3 is 25.7 Å². The standard InChI is InChI=1S/C30H28ClFN6O4/c31-21-11-17(12-22(32)29(21)40)23-7-8-24-27(37-23)26(20(14-33-24)28(39)16-3-1-4-16)35-18-6-9-25(34-13-18)38-10-2-5-19(15-38)36-30(41)42/h6-9,11-14,16,19,36,40H,1-5,10,15H2,(H,33,35)(H,41,42). The van der Waals surface area contributed by atoms with Gasteiger partial charge in [-0.25, -0.2) is 19.2 Å². The fraction of sp³-hybridized carbons (Fsp3) is 0.300. The van der Waals surface area contributed by atoms with Crippen molar-refractivity contribution in [3.63, 3.8) is 0 Å². The number of aromatic nitrogens is 3. The molecule has 1 aromatic carbocycles. The van der Waals surface area contributed by atoms with Crippen molar-refractivity contribution in [1.29, 1.82) is 0 Å². The number of phenols is 1. The van der Waals surface area contributed by atoms with Gasteiger partial charge in [0.05, 0.1) is 39.4 Å². The number of pyridine rings is 3. The summed E-state index contributed by atoms with van der Waals surface area (Å²) in [5.74, 6) is -0.874. The number of aromatic hydroxyl groups is 1. The molecule has 12 heteroatoms. The number of rotatable bonds is 7. The number of anilines is 3. The highest BCUT2D eigenvalue weighted by molar-refractivity contribution is 6.32. The first-order valence-corrected chi connectivity index (χ1v) is 14.1. The average Bonchev–Trinajstić information content (AvgIpc) is 2.95. The normalized spacial score (nSPS) is 17.1. The summed E-state index contributed by atoms with van der Waals surface area (Å²) in [6.07, 6.45) is 6.43. The molecule has 42 heavy (non-hydrogen) atoms. The number of hydrogen-bond donors (Lipinski definition) is 4. The first-order chi connectivity index (χ1) is 20.3. The van der Waals surface area contributed by atoms with Crippen molar-refractivity contribution in [2.24, 2.45) is 5.92 Å². The third-order valence-corrected chi connectivity index (χ3v) is 8.15. The highest BCUT2D eigenvalue weighted by atomic mass is 35.5. The molecule has 6 rings (SSSR count). The van der Waals surface area contributed by atoms with Crippen molar-refractivity contribution in [3.05, 3.63) is 65.2 Å². The van der Waals surface area contributed by atoms with Gasteiger partial charge in [-0.2, -0.15) is 0 Å². The third kappa shape index (κ3) is 5.52. The van der Waals surface area contributed by atoms with Crippen molar-refractivity contribution in [2.75, 3.05) is 23.3 Å². The Balaban J connectivity index is 1.36. The predicted molar refractivity (Wildman–Crippen MR) is 157 cm³/mol. The predicted octanol–water partition coefficient (Wildman–Crippen LogP) is 6.15. The Labute approximate surface area is 245 Å². The van der Waals surface area contributed by atoms with E-state index in [4.69, 9.17) is 21.7 Å². The smallest absolute Gasteiger partial charge is 0.404 e. The summed E-state index contributed by atoms with van der Waals surface area (Å²) < 4.78 is 14.3. The van der Waals surface area contributed by atoms with Gasteiger partial charge in [-0.15, -0.1) is 0 Å². The summed E-state index contributed by atoms with van der Waals surface area (Å²) in [4.78, 5) is 40.4. The van der Waals surface area contributed by atoms with Crippen LogP contribution < -0.4 is 15.5 Å². The summed E-state index contributed by atoms with van der Waals surface area (Å²) in [5.41, 5.74) is 3.22. The van der Waals surface area contributed by atoms with E-state index < -0.39 is 17.7 Å². The molecular formula is C30H28ClFN6O4. The highest BCUT2D eigenvalue weighted by Crippen LogP contribution is 2.37. The van der Waals surface area contributed by atoms with Crippen LogP contribution in [0.2, 0.25) is 5.02 Å². The Kier molecular flexibility index (Phi) is 7.51. The van der Waals surface area contributed by atoms with Gasteiger partial charge in [0.25, 0.3) is 0 Å². The summed E-state index contributed by atoms with van der Waals surface area (Å²) >= 11 is 6.02. The Morgan fingerprint density at radius 1 is 1.05 bits per heavy atom. The van der Waals surface area contributed by atoms with Crippen LogP contribution in [0.25, 0.3) is 22.3 Å². The number of nitrogens with zero attached hydrogens (tertiary/aromatic N) is 4. The van der Waals surface area contributed by atoms with Crippen LogP contribution in [0.4, 0.5) is 26.4 Å². The van der Waals surface area contributed by atoms with Crippen molar-refractivity contribution >= 4 is 51.7 Å². The molecule has 4 aromatic rings. The zero-order valence-electron chi connectivity index (χ0n) is 22.5. The maximum absolute atomic E-state index is 14.3. The topological polar surface area (TPSA) is 141 Å². The first-order valence-electron chi connectivity index (χ1n) is 13.8. The molecule has 0 radical (unpaired) electrons. The first kappa shape index (κ1) is 27.6. The number of benzene rings is 1. The molecule has 0 spiro atoms. The van der Waals surface area contributed by atoms with Gasteiger partial charge in [-0.05, 0) is 62.1 Å². The van der Waals surface area contributed by atoms with Gasteiger partial charge in [0.15, 0.2) is 17.3 Å². The Hall–Kier alpha value is -4.51. The molecule has 4 heterocycles. The number of carboxylic acid groups (broad SMARTS) is 1. The van der Waals surface area contributed by atoms with E-state index in [1.54, 1.807) is 24.5 Å². The van der Waals surface area contributed by atoms with Gasteiger partial charge in [0.2, 0.25) is 0 Å². The van der Waals surface area contributed by atoms with Crippen molar-refractivity contribution in [1.82, 2.24) is 20.3 Å². The van der Waals surface area contributed by atoms with Crippen LogP contribution >= 0.6 is 11.6 Å². The second kappa shape index (κ2) is 11.4. The molecule has 1 saturated carbocycles. The zero-order chi connectivity index (χ0) is 29.4. The Morgan fingerprint density at radius 2 is 1.88 bits per heavy atom. The molecule has 2 aliphatic rings. The van der Waals surface area contributed by atoms with E-state index in [1.807, 2.05) is 17.0 Å². The quantitative estimate of drug-likeness (QED) is 0.186. The van der Waals surface area contributed by atoms with E-state index >= 15 is 0 Å². The number of nitrogens with one attached hydrogen (secondary N) is 2. The van der Waals surface area contributed by atoms with Gasteiger partial charge in [0.1, 0.15) is 11.3 Å². The van der Waals surface area contributed by atoms with Crippen molar-refractivity contribution in [3.8, 4) is 17.0 Å². The molecule has 216 valence electrons. The van der Waals surface area contributed by atoms with Crippen LogP contribution in [0.3, 0.4) is 0 Å². The summed E-state index contributed by atoms with van der Waals surface area (Å²) in [7, 11) is 0. The molecule has 3 aromatic heterocycles. The molecule has 1 aliphatic heterocycles. The lowest BCUT2D eigenvalue weighted by Crippen LogP contribution is -2.47. The third-order valence-electron chi connectivity index (χ3n) is 7.86. The minimum absolute atomic E-state index is 0.0149. The van der Waals surface area contributed by atoms with Crippen LogP contribution in [0.15, 0.2) is 48.8 Å². The van der Waals surface area contributed by atoms with Crippen LogP contribution in [0, 0.1) is 11.7 Å². The van der Waals surface area contributed by atoms with E-state index in [0.717, 1.165) is 50.5 Å². The van der Waals surface area contributed by atoms with Crippen LogP contribution in [0.5, 0.6) is 5.75 Å². The molecule has 1 aliphatic carbocycles. The number of phenolic OH excluding ortho intramolecular Hbond substituents is 1. The molecule has 1 atom stereocenters. The molecule has 2 fully saturated rings. The summed E-state index contributed by atoms with van der Waals surface area (Å²) in [5, 5.41) is 24.6. The number of carbonyl (C=O) groups is 2. The molecule has 10 nitrogen and oxygen atoms in total. The second-order valence-corrected chi connectivity index (χ2v) is 11.1. The van der Waals surface area contributed by atoms with Crippen molar-refractivity contribution in [2.45, 2.75) is 38.1 Å². The summed E-state index contributed by atoms with van der Waals surface area (Å²) in [6.45, 7) is 1.29. The maximum atomic E-state index is 14.3. The van der Waals surface area contributed by atoms with Crippen LogP contribution in [-0.2, 0) is 0 Å². The van der Waals surface area contributed by atoms with E-state index in [0.29, 0.717) is 45.8 Å². The number of halogens is 2. The minimum atomic E-state index is -1.04.